The molecule has 1 aromatic carbocycles. The van der Waals surface area contributed by atoms with Gasteiger partial charge in [0.1, 0.15) is 4.32 Å². The minimum atomic E-state index is -0.677. The van der Waals surface area contributed by atoms with Gasteiger partial charge in [-0.3, -0.25) is 19.8 Å². The molecule has 1 aromatic rings. The normalized spacial score (nSPS) is 17.1. The van der Waals surface area contributed by atoms with Crippen LogP contribution in [0.1, 0.15) is 12.5 Å². The second-order valence-electron chi connectivity index (χ2n) is 3.93. The maximum Gasteiger partial charge on any atom is 0.311 e. The van der Waals surface area contributed by atoms with Gasteiger partial charge in [-0.05, 0) is 24.6 Å². The van der Waals surface area contributed by atoms with Gasteiger partial charge < -0.3 is 5.11 Å². The van der Waals surface area contributed by atoms with E-state index in [2.05, 4.69) is 0 Å². The van der Waals surface area contributed by atoms with Gasteiger partial charge in [0.15, 0.2) is 5.75 Å². The molecule has 104 valence electrons. The topological polar surface area (TPSA) is 83.7 Å². The Morgan fingerprint density at radius 2 is 2.25 bits per heavy atom. The summed E-state index contributed by atoms with van der Waals surface area (Å²) in [6.07, 6.45) is 1.53. The second kappa shape index (κ2) is 5.59. The highest BCUT2D eigenvalue weighted by Crippen LogP contribution is 2.34. The quantitative estimate of drug-likeness (QED) is 0.400. The van der Waals surface area contributed by atoms with Gasteiger partial charge in [-0.2, -0.15) is 0 Å². The number of phenolic OH excluding ortho intramolecular Hbond substituents is 1. The number of carbonyl (C=O) groups excluding carboxylic acids is 1. The lowest BCUT2D eigenvalue weighted by Gasteiger charge is -2.09. The van der Waals surface area contributed by atoms with Crippen LogP contribution >= 0.6 is 24.0 Å². The number of amides is 1. The van der Waals surface area contributed by atoms with Crippen LogP contribution in [-0.4, -0.2) is 31.7 Å². The molecule has 0 atom stereocenters. The van der Waals surface area contributed by atoms with Crippen LogP contribution < -0.4 is 0 Å². The summed E-state index contributed by atoms with van der Waals surface area (Å²) in [7, 11) is 0. The van der Waals surface area contributed by atoms with Crippen molar-refractivity contribution in [3.05, 3.63) is 38.8 Å². The molecular formula is C12H10N2O4S2. The largest absolute Gasteiger partial charge is 0.502 e. The molecule has 8 heteroatoms. The van der Waals surface area contributed by atoms with E-state index in [0.29, 0.717) is 21.3 Å². The average Bonchev–Trinajstić information content (AvgIpc) is 2.66. The Hall–Kier alpha value is -1.93. The first kappa shape index (κ1) is 14.5. The number of nitro groups is 1. The van der Waals surface area contributed by atoms with Crippen molar-refractivity contribution in [2.24, 2.45) is 0 Å². The molecule has 0 aromatic heterocycles. The van der Waals surface area contributed by atoms with Crippen LogP contribution in [0.5, 0.6) is 5.75 Å². The molecule has 0 aliphatic carbocycles. The van der Waals surface area contributed by atoms with E-state index in [9.17, 15) is 20.0 Å². The zero-order valence-corrected chi connectivity index (χ0v) is 12.0. The molecule has 1 N–H and O–H groups in total. The molecule has 1 aliphatic heterocycles. The predicted molar refractivity (Wildman–Crippen MR) is 80.3 cm³/mol. The van der Waals surface area contributed by atoms with E-state index in [4.69, 9.17) is 12.2 Å². The Morgan fingerprint density at radius 3 is 2.80 bits per heavy atom. The first-order valence-corrected chi connectivity index (χ1v) is 6.89. The third kappa shape index (κ3) is 2.66. The second-order valence-corrected chi connectivity index (χ2v) is 5.61. The van der Waals surface area contributed by atoms with E-state index < -0.39 is 16.4 Å². The van der Waals surface area contributed by atoms with Crippen molar-refractivity contribution in [2.75, 3.05) is 6.54 Å². The lowest BCUT2D eigenvalue weighted by molar-refractivity contribution is -0.385. The SMILES string of the molecule is CCN1C(=O)/C(=C\c2ccc(O)c([N+](=O)[O-])c2)SC1=S. The summed E-state index contributed by atoms with van der Waals surface area (Å²) in [6, 6.07) is 3.94. The van der Waals surface area contributed by atoms with Crippen molar-refractivity contribution in [1.82, 2.24) is 4.90 Å². The number of nitro benzene ring substituents is 1. The molecule has 0 unspecified atom stereocenters. The zero-order valence-electron chi connectivity index (χ0n) is 10.4. The summed E-state index contributed by atoms with van der Waals surface area (Å²) in [4.78, 5) is 23.9. The van der Waals surface area contributed by atoms with E-state index in [-0.39, 0.29) is 5.91 Å². The number of rotatable bonds is 3. The number of likely N-dealkylation sites (N-methyl/N-ethyl adjacent to an activating group) is 1. The van der Waals surface area contributed by atoms with Crippen molar-refractivity contribution in [2.45, 2.75) is 6.92 Å². The Kier molecular flexibility index (Phi) is 4.05. The van der Waals surface area contributed by atoms with E-state index in [0.717, 1.165) is 11.8 Å². The Balaban J connectivity index is 2.37. The highest BCUT2D eigenvalue weighted by Gasteiger charge is 2.30. The molecule has 1 amide bonds. The minimum absolute atomic E-state index is 0.210. The number of nitrogens with zero attached hydrogens (tertiary/aromatic N) is 2. The van der Waals surface area contributed by atoms with Crippen molar-refractivity contribution in [3.8, 4) is 5.75 Å². The standard InChI is InChI=1S/C12H10N2O4S2/c1-2-13-11(16)10(20-12(13)19)6-7-3-4-9(15)8(5-7)14(17)18/h3-6,15H,2H2,1H3/b10-6+. The molecule has 0 saturated carbocycles. The zero-order chi connectivity index (χ0) is 14.9. The number of phenols is 1. The van der Waals surface area contributed by atoms with Gasteiger partial charge in [-0.15, -0.1) is 0 Å². The van der Waals surface area contributed by atoms with Crippen LogP contribution in [0.25, 0.3) is 6.08 Å². The molecule has 0 spiro atoms. The number of benzene rings is 1. The molecule has 1 heterocycles. The molecule has 1 fully saturated rings. The first-order chi connectivity index (χ1) is 9.43. The summed E-state index contributed by atoms with van der Waals surface area (Å²) < 4.78 is 0.469. The number of carbonyl (C=O) groups is 1. The third-order valence-corrected chi connectivity index (χ3v) is 4.06. The van der Waals surface area contributed by atoms with Crippen LogP contribution in [0.15, 0.2) is 23.1 Å². The van der Waals surface area contributed by atoms with Gasteiger partial charge in [0.2, 0.25) is 0 Å². The highest BCUT2D eigenvalue weighted by molar-refractivity contribution is 8.26. The summed E-state index contributed by atoms with van der Waals surface area (Å²) in [5.74, 6) is -0.619. The molecule has 1 aliphatic rings. The van der Waals surface area contributed by atoms with E-state index in [1.54, 1.807) is 0 Å². The fourth-order valence-corrected chi connectivity index (χ4v) is 3.08. The minimum Gasteiger partial charge on any atom is -0.502 e. The summed E-state index contributed by atoms with van der Waals surface area (Å²) in [5, 5.41) is 20.1. The van der Waals surface area contributed by atoms with Crippen LogP contribution in [0.3, 0.4) is 0 Å². The number of aromatic hydroxyl groups is 1. The summed E-state index contributed by atoms with van der Waals surface area (Å²) in [6.45, 7) is 2.30. The van der Waals surface area contributed by atoms with Crippen LogP contribution in [0.4, 0.5) is 5.69 Å². The molecule has 0 radical (unpaired) electrons. The third-order valence-electron chi connectivity index (χ3n) is 2.68. The molecule has 0 bridgehead atoms. The number of hydrogen-bond donors (Lipinski definition) is 1. The van der Waals surface area contributed by atoms with Crippen molar-refractivity contribution < 1.29 is 14.8 Å². The van der Waals surface area contributed by atoms with E-state index in [1.165, 1.54) is 29.2 Å². The lowest BCUT2D eigenvalue weighted by Crippen LogP contribution is -2.27. The fourth-order valence-electron chi connectivity index (χ4n) is 1.70. The van der Waals surface area contributed by atoms with Crippen LogP contribution in [-0.2, 0) is 4.79 Å². The van der Waals surface area contributed by atoms with Gasteiger partial charge in [0.05, 0.1) is 9.83 Å². The van der Waals surface area contributed by atoms with Crippen LogP contribution in [0, 0.1) is 10.1 Å². The maximum absolute atomic E-state index is 12.0. The summed E-state index contributed by atoms with van der Waals surface area (Å²) >= 11 is 6.23. The number of thioether (sulfide) groups is 1. The number of thiocarbonyl (C=S) groups is 1. The smallest absolute Gasteiger partial charge is 0.311 e. The van der Waals surface area contributed by atoms with Gasteiger partial charge in [-0.25, -0.2) is 0 Å². The van der Waals surface area contributed by atoms with Gasteiger partial charge in [0.25, 0.3) is 5.91 Å². The van der Waals surface area contributed by atoms with E-state index >= 15 is 0 Å². The predicted octanol–water partition coefficient (Wildman–Crippen LogP) is 2.52. The van der Waals surface area contributed by atoms with Crippen molar-refractivity contribution >= 4 is 46.0 Å². The molecule has 6 nitrogen and oxygen atoms in total. The molecular weight excluding hydrogens is 300 g/mol. The number of hydrogen-bond acceptors (Lipinski definition) is 6. The fraction of sp³-hybridized carbons (Fsp3) is 0.167. The van der Waals surface area contributed by atoms with Gasteiger partial charge >= 0.3 is 5.69 Å². The summed E-state index contributed by atoms with van der Waals surface area (Å²) in [5.41, 5.74) is 0.0656. The molecule has 20 heavy (non-hydrogen) atoms. The first-order valence-electron chi connectivity index (χ1n) is 5.66. The lowest BCUT2D eigenvalue weighted by atomic mass is 10.1. The van der Waals surface area contributed by atoms with Crippen molar-refractivity contribution in [1.29, 1.82) is 0 Å². The van der Waals surface area contributed by atoms with E-state index in [1.807, 2.05) is 6.92 Å². The van der Waals surface area contributed by atoms with Gasteiger partial charge in [0, 0.05) is 12.6 Å². The van der Waals surface area contributed by atoms with Gasteiger partial charge in [-0.1, -0.05) is 30.0 Å². The van der Waals surface area contributed by atoms with Crippen LogP contribution in [0.2, 0.25) is 0 Å². The molecule has 1 saturated heterocycles. The Bertz CT molecular complexity index is 642. The average molecular weight is 310 g/mol. The highest BCUT2D eigenvalue weighted by atomic mass is 32.2. The monoisotopic (exact) mass is 310 g/mol. The van der Waals surface area contributed by atoms with Crippen molar-refractivity contribution in [3.63, 3.8) is 0 Å². The Labute approximate surface area is 124 Å². The maximum atomic E-state index is 12.0. The Morgan fingerprint density at radius 1 is 1.55 bits per heavy atom. The molecule has 2 rings (SSSR count).